The molecule has 0 bridgehead atoms. The van der Waals surface area contributed by atoms with Gasteiger partial charge in [-0.05, 0) is 30.3 Å². The largest absolute Gasteiger partial charge is 0.383 e. The van der Waals surface area contributed by atoms with Crippen LogP contribution in [0.15, 0.2) is 73.2 Å². The van der Waals surface area contributed by atoms with Crippen molar-refractivity contribution in [3.05, 3.63) is 99.4 Å². The maximum atomic E-state index is 11.3. The molecule has 0 saturated carbocycles. The van der Waals surface area contributed by atoms with E-state index >= 15 is 0 Å². The van der Waals surface area contributed by atoms with Crippen LogP contribution in [0, 0.1) is 0 Å². The maximum absolute atomic E-state index is 11.3. The normalized spacial score (nSPS) is 12.2. The molecule has 1 N–H and O–H groups in total. The Bertz CT molecular complexity index is 1170. The molecule has 0 spiro atoms. The summed E-state index contributed by atoms with van der Waals surface area (Å²) in [5.41, 5.74) is 4.78. The first-order valence-corrected chi connectivity index (χ1v) is 10.1. The van der Waals surface area contributed by atoms with E-state index in [0.717, 1.165) is 27.9 Å². The van der Waals surface area contributed by atoms with E-state index in [-0.39, 0.29) is 0 Å². The Morgan fingerprint density at radius 1 is 0.931 bits per heavy atom. The SMILES string of the molecule is Cn1cc(-c2ccc(Cl)cc2Cl)c(C(O)c2cccnc2)c1-c1cccc(Cl)c1. The lowest BCUT2D eigenvalue weighted by atomic mass is 9.93. The van der Waals surface area contributed by atoms with Crippen LogP contribution in [0.1, 0.15) is 17.2 Å². The molecule has 0 saturated heterocycles. The number of aromatic nitrogens is 2. The summed E-state index contributed by atoms with van der Waals surface area (Å²) in [4.78, 5) is 4.15. The van der Waals surface area contributed by atoms with Crippen LogP contribution in [0.3, 0.4) is 0 Å². The topological polar surface area (TPSA) is 38.0 Å². The molecule has 1 atom stereocenters. The van der Waals surface area contributed by atoms with Gasteiger partial charge in [0, 0.05) is 68.5 Å². The fourth-order valence-electron chi connectivity index (χ4n) is 3.54. The van der Waals surface area contributed by atoms with Crippen molar-refractivity contribution in [2.45, 2.75) is 6.10 Å². The van der Waals surface area contributed by atoms with E-state index in [1.54, 1.807) is 30.6 Å². The first kappa shape index (κ1) is 20.0. The van der Waals surface area contributed by atoms with E-state index in [9.17, 15) is 5.11 Å². The van der Waals surface area contributed by atoms with Gasteiger partial charge in [0.15, 0.2) is 0 Å². The fourth-order valence-corrected chi connectivity index (χ4v) is 4.24. The molecule has 0 amide bonds. The number of pyridine rings is 1. The Morgan fingerprint density at radius 2 is 1.72 bits per heavy atom. The summed E-state index contributed by atoms with van der Waals surface area (Å²) < 4.78 is 1.97. The predicted octanol–water partition coefficient (Wildman–Crippen LogP) is 6.80. The minimum Gasteiger partial charge on any atom is -0.383 e. The molecule has 0 fully saturated rings. The molecule has 146 valence electrons. The molecule has 2 aromatic carbocycles. The number of aliphatic hydroxyl groups is 1. The van der Waals surface area contributed by atoms with Crippen LogP contribution < -0.4 is 0 Å². The summed E-state index contributed by atoms with van der Waals surface area (Å²) in [5.74, 6) is 0. The van der Waals surface area contributed by atoms with Crippen LogP contribution in [-0.2, 0) is 7.05 Å². The average molecular weight is 444 g/mol. The van der Waals surface area contributed by atoms with Crippen LogP contribution in [-0.4, -0.2) is 14.7 Å². The molecule has 4 rings (SSSR count). The van der Waals surface area contributed by atoms with Crippen molar-refractivity contribution >= 4 is 34.8 Å². The Labute approximate surface area is 184 Å². The zero-order chi connectivity index (χ0) is 20.5. The van der Waals surface area contributed by atoms with Gasteiger partial charge in [0.25, 0.3) is 0 Å². The standard InChI is InChI=1S/C23H17Cl3N2O/c1-28-13-19(18-8-7-17(25)11-20(18)26)21(23(29)15-5-3-9-27-12-15)22(28)14-4-2-6-16(24)10-14/h2-13,23,29H,1H3. The lowest BCUT2D eigenvalue weighted by molar-refractivity contribution is 0.221. The number of hydrogen-bond donors (Lipinski definition) is 1. The Kier molecular flexibility index (Phi) is 5.66. The van der Waals surface area contributed by atoms with Crippen LogP contribution in [0.5, 0.6) is 0 Å². The van der Waals surface area contributed by atoms with Gasteiger partial charge in [-0.25, -0.2) is 0 Å². The number of aliphatic hydroxyl groups excluding tert-OH is 1. The van der Waals surface area contributed by atoms with E-state index in [0.29, 0.717) is 20.6 Å². The highest BCUT2D eigenvalue weighted by Crippen LogP contribution is 2.43. The molecular formula is C23H17Cl3N2O. The van der Waals surface area contributed by atoms with Crippen LogP contribution in [0.4, 0.5) is 0 Å². The molecule has 29 heavy (non-hydrogen) atoms. The highest BCUT2D eigenvalue weighted by atomic mass is 35.5. The molecule has 3 nitrogen and oxygen atoms in total. The highest BCUT2D eigenvalue weighted by Gasteiger charge is 2.25. The summed E-state index contributed by atoms with van der Waals surface area (Å²) in [6, 6.07) is 16.6. The number of benzene rings is 2. The molecule has 0 aliphatic heterocycles. The average Bonchev–Trinajstić information content (AvgIpc) is 3.05. The Hall–Kier alpha value is -2.30. The first-order chi connectivity index (χ1) is 14.0. The van der Waals surface area contributed by atoms with E-state index in [2.05, 4.69) is 4.98 Å². The van der Waals surface area contributed by atoms with Gasteiger partial charge in [-0.2, -0.15) is 0 Å². The zero-order valence-electron chi connectivity index (χ0n) is 15.5. The van der Waals surface area contributed by atoms with E-state index in [1.807, 2.05) is 54.2 Å². The Balaban J connectivity index is 2.00. The molecule has 0 radical (unpaired) electrons. The third kappa shape index (κ3) is 3.92. The summed E-state index contributed by atoms with van der Waals surface area (Å²) >= 11 is 18.8. The van der Waals surface area contributed by atoms with Gasteiger partial charge in [-0.1, -0.05) is 59.1 Å². The molecule has 1 unspecified atom stereocenters. The molecular weight excluding hydrogens is 427 g/mol. The van der Waals surface area contributed by atoms with Crippen LogP contribution in [0.25, 0.3) is 22.4 Å². The number of rotatable bonds is 4. The minimum absolute atomic E-state index is 0.514. The molecule has 6 heteroatoms. The van der Waals surface area contributed by atoms with E-state index in [1.165, 1.54) is 0 Å². The number of aryl methyl sites for hydroxylation is 1. The Morgan fingerprint density at radius 3 is 2.41 bits per heavy atom. The van der Waals surface area contributed by atoms with Crippen molar-refractivity contribution in [2.75, 3.05) is 0 Å². The predicted molar refractivity (Wildman–Crippen MR) is 120 cm³/mol. The lowest BCUT2D eigenvalue weighted by Crippen LogP contribution is -2.04. The first-order valence-electron chi connectivity index (χ1n) is 8.94. The number of halogens is 3. The molecule has 2 aromatic heterocycles. The minimum atomic E-state index is -0.902. The van der Waals surface area contributed by atoms with Gasteiger partial charge in [-0.15, -0.1) is 0 Å². The van der Waals surface area contributed by atoms with Crippen molar-refractivity contribution in [1.82, 2.24) is 9.55 Å². The third-order valence-corrected chi connectivity index (χ3v) is 5.60. The third-order valence-electron chi connectivity index (χ3n) is 4.81. The van der Waals surface area contributed by atoms with Crippen molar-refractivity contribution in [3.63, 3.8) is 0 Å². The van der Waals surface area contributed by atoms with E-state index in [4.69, 9.17) is 34.8 Å². The van der Waals surface area contributed by atoms with Gasteiger partial charge < -0.3 is 9.67 Å². The smallest absolute Gasteiger partial charge is 0.108 e. The molecule has 4 aromatic rings. The van der Waals surface area contributed by atoms with Crippen molar-refractivity contribution in [3.8, 4) is 22.4 Å². The highest BCUT2D eigenvalue weighted by molar-refractivity contribution is 6.36. The zero-order valence-corrected chi connectivity index (χ0v) is 17.7. The van der Waals surface area contributed by atoms with E-state index < -0.39 is 6.10 Å². The second-order valence-electron chi connectivity index (χ2n) is 6.74. The van der Waals surface area contributed by atoms with Crippen molar-refractivity contribution in [1.29, 1.82) is 0 Å². The second kappa shape index (κ2) is 8.21. The van der Waals surface area contributed by atoms with Gasteiger partial charge >= 0.3 is 0 Å². The van der Waals surface area contributed by atoms with Gasteiger partial charge in [-0.3, -0.25) is 4.98 Å². The molecule has 0 aliphatic carbocycles. The number of nitrogens with zero attached hydrogens (tertiary/aromatic N) is 2. The second-order valence-corrected chi connectivity index (χ2v) is 8.02. The summed E-state index contributed by atoms with van der Waals surface area (Å²) in [5, 5.41) is 13.0. The van der Waals surface area contributed by atoms with Crippen LogP contribution in [0.2, 0.25) is 15.1 Å². The maximum Gasteiger partial charge on any atom is 0.108 e. The summed E-state index contributed by atoms with van der Waals surface area (Å²) in [7, 11) is 1.93. The summed E-state index contributed by atoms with van der Waals surface area (Å²) in [6.45, 7) is 0. The fraction of sp³-hybridized carbons (Fsp3) is 0.0870. The quantitative estimate of drug-likeness (QED) is 0.377. The van der Waals surface area contributed by atoms with Crippen LogP contribution >= 0.6 is 34.8 Å². The monoisotopic (exact) mass is 442 g/mol. The number of hydrogen-bond acceptors (Lipinski definition) is 2. The lowest BCUT2D eigenvalue weighted by Gasteiger charge is -2.17. The van der Waals surface area contributed by atoms with Gasteiger partial charge in [0.1, 0.15) is 6.10 Å². The summed E-state index contributed by atoms with van der Waals surface area (Å²) in [6.07, 6.45) is 4.39. The van der Waals surface area contributed by atoms with Crippen molar-refractivity contribution in [2.24, 2.45) is 7.05 Å². The van der Waals surface area contributed by atoms with Gasteiger partial charge in [0.2, 0.25) is 0 Å². The van der Waals surface area contributed by atoms with Crippen molar-refractivity contribution < 1.29 is 5.11 Å². The molecule has 0 aliphatic rings. The molecule has 2 heterocycles. The van der Waals surface area contributed by atoms with Gasteiger partial charge in [0.05, 0.1) is 5.69 Å².